The van der Waals surface area contributed by atoms with Crippen molar-refractivity contribution in [3.05, 3.63) is 0 Å². The molecular formula is C7H12O4. The van der Waals surface area contributed by atoms with Crippen LogP contribution in [0, 0.1) is 0 Å². The Morgan fingerprint density at radius 1 is 1.36 bits per heavy atom. The van der Waals surface area contributed by atoms with Gasteiger partial charge in [0.05, 0.1) is 0 Å². The zero-order chi connectivity index (χ0) is 8.69. The normalized spacial score (nSPS) is 15.5. The van der Waals surface area contributed by atoms with Crippen LogP contribution in [-0.4, -0.2) is 32.1 Å². The van der Waals surface area contributed by atoms with Crippen LogP contribution in [0.1, 0.15) is 13.3 Å². The van der Waals surface area contributed by atoms with E-state index in [1.54, 1.807) is 6.92 Å². The molecule has 4 heteroatoms. The molecule has 0 saturated carbocycles. The van der Waals surface area contributed by atoms with E-state index in [4.69, 9.17) is 4.74 Å². The van der Waals surface area contributed by atoms with Gasteiger partial charge in [0.15, 0.2) is 6.29 Å². The van der Waals surface area contributed by atoms with Gasteiger partial charge in [-0.3, -0.25) is 4.79 Å². The molecule has 2 atom stereocenters. The average molecular weight is 160 g/mol. The van der Waals surface area contributed by atoms with Gasteiger partial charge >= 0.3 is 0 Å². The Hall–Kier alpha value is -0.740. The Morgan fingerprint density at radius 2 is 2.00 bits per heavy atom. The zero-order valence-electron chi connectivity index (χ0n) is 6.65. The van der Waals surface area contributed by atoms with Crippen LogP contribution in [0.4, 0.5) is 0 Å². The molecule has 64 valence electrons. The first-order valence-electron chi connectivity index (χ1n) is 3.37. The summed E-state index contributed by atoms with van der Waals surface area (Å²) in [7, 11) is 1.34. The molecule has 4 nitrogen and oxygen atoms in total. The molecule has 0 bridgehead atoms. The van der Waals surface area contributed by atoms with Crippen molar-refractivity contribution in [2.45, 2.75) is 25.7 Å². The van der Waals surface area contributed by atoms with Crippen molar-refractivity contribution >= 4 is 12.6 Å². The van der Waals surface area contributed by atoms with Crippen LogP contribution in [0.5, 0.6) is 0 Å². The lowest BCUT2D eigenvalue weighted by Crippen LogP contribution is -2.25. The van der Waals surface area contributed by atoms with E-state index < -0.39 is 12.4 Å². The highest BCUT2D eigenvalue weighted by molar-refractivity contribution is 5.58. The predicted octanol–water partition coefficient (Wildman–Crippen LogP) is 0.152. The van der Waals surface area contributed by atoms with Crippen molar-refractivity contribution in [3.8, 4) is 0 Å². The second kappa shape index (κ2) is 6.00. The number of ether oxygens (including phenoxy) is 2. The van der Waals surface area contributed by atoms with E-state index in [1.807, 2.05) is 0 Å². The molecule has 0 aliphatic heterocycles. The number of carbonyl (C=O) groups is 2. The van der Waals surface area contributed by atoms with Crippen LogP contribution in [0.3, 0.4) is 0 Å². The molecule has 0 rings (SSSR count). The molecule has 0 saturated heterocycles. The van der Waals surface area contributed by atoms with Gasteiger partial charge in [0.1, 0.15) is 12.4 Å². The Bertz CT molecular complexity index is 110. The first kappa shape index (κ1) is 10.3. The van der Waals surface area contributed by atoms with Crippen molar-refractivity contribution in [3.63, 3.8) is 0 Å². The maximum atomic E-state index is 10.2. The van der Waals surface area contributed by atoms with Crippen molar-refractivity contribution in [1.29, 1.82) is 0 Å². The van der Waals surface area contributed by atoms with Gasteiger partial charge in [-0.2, -0.15) is 0 Å². The highest BCUT2D eigenvalue weighted by Crippen LogP contribution is 1.98. The molecule has 0 fully saturated rings. The SMILES string of the molecule is CCC(C=O)O[C@H](C=O)OC. The van der Waals surface area contributed by atoms with Gasteiger partial charge < -0.3 is 14.3 Å². The molecule has 0 aromatic carbocycles. The molecule has 0 N–H and O–H groups in total. The third kappa shape index (κ3) is 3.85. The number of hydrogen-bond donors (Lipinski definition) is 0. The Kier molecular flexibility index (Phi) is 5.60. The second-order valence-corrected chi connectivity index (χ2v) is 1.96. The van der Waals surface area contributed by atoms with Gasteiger partial charge in [0.25, 0.3) is 0 Å². The summed E-state index contributed by atoms with van der Waals surface area (Å²) >= 11 is 0. The third-order valence-corrected chi connectivity index (χ3v) is 1.21. The van der Waals surface area contributed by atoms with Gasteiger partial charge in [-0.25, -0.2) is 0 Å². The zero-order valence-corrected chi connectivity index (χ0v) is 6.65. The molecule has 0 aliphatic rings. The van der Waals surface area contributed by atoms with E-state index in [2.05, 4.69) is 4.74 Å². The summed E-state index contributed by atoms with van der Waals surface area (Å²) in [5.74, 6) is 0. The molecular weight excluding hydrogens is 148 g/mol. The van der Waals surface area contributed by atoms with Crippen molar-refractivity contribution in [2.75, 3.05) is 7.11 Å². The van der Waals surface area contributed by atoms with Gasteiger partial charge in [-0.05, 0) is 6.42 Å². The van der Waals surface area contributed by atoms with Crippen LogP contribution in [0.2, 0.25) is 0 Å². The molecule has 0 heterocycles. The third-order valence-electron chi connectivity index (χ3n) is 1.21. The van der Waals surface area contributed by atoms with Crippen LogP contribution >= 0.6 is 0 Å². The molecule has 1 unspecified atom stereocenters. The minimum absolute atomic E-state index is 0.506. The van der Waals surface area contributed by atoms with Gasteiger partial charge in [0, 0.05) is 7.11 Å². The lowest BCUT2D eigenvalue weighted by atomic mass is 10.3. The first-order chi connectivity index (χ1) is 5.28. The predicted molar refractivity (Wildman–Crippen MR) is 38.1 cm³/mol. The largest absolute Gasteiger partial charge is 0.350 e. The van der Waals surface area contributed by atoms with E-state index in [9.17, 15) is 9.59 Å². The first-order valence-corrected chi connectivity index (χ1v) is 3.37. The number of rotatable bonds is 6. The Morgan fingerprint density at radius 3 is 2.27 bits per heavy atom. The quantitative estimate of drug-likeness (QED) is 0.410. The molecule has 11 heavy (non-hydrogen) atoms. The van der Waals surface area contributed by atoms with Crippen LogP contribution in [-0.2, 0) is 19.1 Å². The molecule has 0 amide bonds. The van der Waals surface area contributed by atoms with Crippen molar-refractivity contribution < 1.29 is 19.1 Å². The molecule has 0 aliphatic carbocycles. The van der Waals surface area contributed by atoms with Crippen molar-refractivity contribution in [1.82, 2.24) is 0 Å². The number of hydrogen-bond acceptors (Lipinski definition) is 4. The van der Waals surface area contributed by atoms with Crippen LogP contribution in [0.25, 0.3) is 0 Å². The summed E-state index contributed by atoms with van der Waals surface area (Å²) in [5.41, 5.74) is 0. The average Bonchev–Trinajstić information content (AvgIpc) is 2.07. The van der Waals surface area contributed by atoms with Crippen molar-refractivity contribution in [2.24, 2.45) is 0 Å². The van der Waals surface area contributed by atoms with Crippen LogP contribution in [0.15, 0.2) is 0 Å². The van der Waals surface area contributed by atoms with Gasteiger partial charge in [-0.1, -0.05) is 6.92 Å². The summed E-state index contributed by atoms with van der Waals surface area (Å²) in [6.07, 6.45) is 0.217. The van der Waals surface area contributed by atoms with Crippen LogP contribution < -0.4 is 0 Å². The maximum Gasteiger partial charge on any atom is 0.215 e. The lowest BCUT2D eigenvalue weighted by molar-refractivity contribution is -0.165. The monoisotopic (exact) mass is 160 g/mol. The Labute approximate surface area is 65.5 Å². The standard InChI is InChI=1S/C7H12O4/c1-3-6(4-8)11-7(5-9)10-2/h4-7H,3H2,1-2H3/t6?,7-/m1/s1. The minimum Gasteiger partial charge on any atom is -0.350 e. The highest BCUT2D eigenvalue weighted by atomic mass is 16.7. The summed E-state index contributed by atoms with van der Waals surface area (Å²) in [5, 5.41) is 0. The van der Waals surface area contributed by atoms with E-state index in [1.165, 1.54) is 7.11 Å². The smallest absolute Gasteiger partial charge is 0.215 e. The summed E-state index contributed by atoms with van der Waals surface area (Å²) in [6.45, 7) is 1.79. The van der Waals surface area contributed by atoms with E-state index in [-0.39, 0.29) is 0 Å². The summed E-state index contributed by atoms with van der Waals surface area (Å²) in [6, 6.07) is 0. The molecule has 0 aromatic rings. The fourth-order valence-electron chi connectivity index (χ4n) is 0.540. The van der Waals surface area contributed by atoms with Gasteiger partial charge in [-0.15, -0.1) is 0 Å². The number of methoxy groups -OCH3 is 1. The fraction of sp³-hybridized carbons (Fsp3) is 0.714. The van der Waals surface area contributed by atoms with Gasteiger partial charge in [0.2, 0.25) is 6.29 Å². The molecule has 0 spiro atoms. The lowest BCUT2D eigenvalue weighted by Gasteiger charge is -2.13. The second-order valence-electron chi connectivity index (χ2n) is 1.96. The summed E-state index contributed by atoms with van der Waals surface area (Å²) in [4.78, 5) is 20.3. The Balaban J connectivity index is 3.76. The minimum atomic E-state index is -0.926. The summed E-state index contributed by atoms with van der Waals surface area (Å²) < 4.78 is 9.47. The van der Waals surface area contributed by atoms with E-state index in [0.717, 1.165) is 0 Å². The molecule has 0 aromatic heterocycles. The molecule has 0 radical (unpaired) electrons. The number of carbonyl (C=O) groups excluding carboxylic acids is 2. The highest BCUT2D eigenvalue weighted by Gasteiger charge is 2.12. The van der Waals surface area contributed by atoms with E-state index >= 15 is 0 Å². The topological polar surface area (TPSA) is 52.6 Å². The fourth-order valence-corrected chi connectivity index (χ4v) is 0.540. The van der Waals surface area contributed by atoms with E-state index in [0.29, 0.717) is 19.0 Å². The maximum absolute atomic E-state index is 10.2. The number of aldehydes is 2.